The van der Waals surface area contributed by atoms with Crippen molar-refractivity contribution in [3.8, 4) is 6.07 Å². The second kappa shape index (κ2) is 4.06. The van der Waals surface area contributed by atoms with Crippen molar-refractivity contribution in [3.05, 3.63) is 18.0 Å². The van der Waals surface area contributed by atoms with Crippen LogP contribution in [0.5, 0.6) is 0 Å². The van der Waals surface area contributed by atoms with Gasteiger partial charge in [0.25, 0.3) is 0 Å². The quantitative estimate of drug-likeness (QED) is 0.704. The molecule has 0 aromatic carbocycles. The number of nitriles is 1. The lowest BCUT2D eigenvalue weighted by Gasteiger charge is -2.31. The van der Waals surface area contributed by atoms with Crippen LogP contribution in [0.15, 0.2) is 12.3 Å². The van der Waals surface area contributed by atoms with Crippen molar-refractivity contribution in [1.29, 1.82) is 5.26 Å². The highest BCUT2D eigenvalue weighted by atomic mass is 15.3. The first kappa shape index (κ1) is 10.2. The molecule has 0 saturated heterocycles. The molecule has 0 bridgehead atoms. The number of hydrogen-bond donors (Lipinski definition) is 0. The largest absolute Gasteiger partial charge is 0.268 e. The molecule has 1 saturated carbocycles. The van der Waals surface area contributed by atoms with Crippen LogP contribution in [0.3, 0.4) is 0 Å². The average molecular weight is 203 g/mol. The molecule has 1 aromatic rings. The highest BCUT2D eigenvalue weighted by molar-refractivity contribution is 5.00. The number of aromatic nitrogens is 2. The Hall–Kier alpha value is -1.30. The van der Waals surface area contributed by atoms with Crippen LogP contribution in [0, 0.1) is 30.1 Å². The molecule has 0 N–H and O–H groups in total. The maximum absolute atomic E-state index is 9.12. The number of rotatable bonds is 1. The summed E-state index contributed by atoms with van der Waals surface area (Å²) in [4.78, 5) is 0. The molecular formula is C12H17N3. The average Bonchev–Trinajstić information content (AvgIpc) is 2.65. The van der Waals surface area contributed by atoms with E-state index in [9.17, 15) is 0 Å². The monoisotopic (exact) mass is 203 g/mol. The topological polar surface area (TPSA) is 41.6 Å². The van der Waals surface area contributed by atoms with Gasteiger partial charge in [0, 0.05) is 6.20 Å². The third-order valence-corrected chi connectivity index (χ3v) is 3.33. The Bertz CT molecular complexity index is 374. The Kier molecular flexibility index (Phi) is 2.77. The summed E-state index contributed by atoms with van der Waals surface area (Å²) in [5.74, 6) is 0.851. The van der Waals surface area contributed by atoms with Crippen molar-refractivity contribution >= 4 is 0 Å². The van der Waals surface area contributed by atoms with Crippen LogP contribution in [-0.2, 0) is 0 Å². The molecule has 1 aliphatic rings. The van der Waals surface area contributed by atoms with Crippen LogP contribution in [-0.4, -0.2) is 9.78 Å². The van der Waals surface area contributed by atoms with Gasteiger partial charge in [0.05, 0.1) is 23.7 Å². The Morgan fingerprint density at radius 3 is 2.93 bits per heavy atom. The molecule has 1 fully saturated rings. The van der Waals surface area contributed by atoms with E-state index in [1.54, 1.807) is 0 Å². The molecule has 0 amide bonds. The summed E-state index contributed by atoms with van der Waals surface area (Å²) in [6.45, 7) is 4.25. The lowest BCUT2D eigenvalue weighted by Crippen LogP contribution is -2.26. The number of aryl methyl sites for hydroxylation is 1. The van der Waals surface area contributed by atoms with Gasteiger partial charge in [-0.2, -0.15) is 10.4 Å². The summed E-state index contributed by atoms with van der Waals surface area (Å²) in [6.07, 6.45) is 5.28. The van der Waals surface area contributed by atoms with Crippen LogP contribution in [0.4, 0.5) is 0 Å². The van der Waals surface area contributed by atoms with E-state index in [2.05, 4.69) is 18.1 Å². The smallest absolute Gasteiger partial charge is 0.0688 e. The molecule has 2 rings (SSSR count). The first-order valence-corrected chi connectivity index (χ1v) is 5.62. The van der Waals surface area contributed by atoms with E-state index in [4.69, 9.17) is 5.26 Å². The second-order valence-corrected chi connectivity index (χ2v) is 4.66. The fourth-order valence-corrected chi connectivity index (χ4v) is 2.41. The molecule has 80 valence electrons. The minimum atomic E-state index is 0.139. The van der Waals surface area contributed by atoms with Gasteiger partial charge in [-0.15, -0.1) is 0 Å². The Balaban J connectivity index is 2.21. The van der Waals surface area contributed by atoms with Crippen LogP contribution in [0.25, 0.3) is 0 Å². The number of hydrogen-bond acceptors (Lipinski definition) is 2. The normalized spacial score (nSPS) is 31.1. The Morgan fingerprint density at radius 1 is 1.53 bits per heavy atom. The summed E-state index contributed by atoms with van der Waals surface area (Å²) in [5, 5.41) is 13.6. The molecular weight excluding hydrogens is 186 g/mol. The molecule has 1 aliphatic carbocycles. The molecule has 3 heteroatoms. The van der Waals surface area contributed by atoms with Crippen LogP contribution in [0.2, 0.25) is 0 Å². The lowest BCUT2D eigenvalue weighted by atomic mass is 9.80. The SMILES string of the molecule is Cc1ccn(C2CC(C)CCC2C#N)n1. The van der Waals surface area contributed by atoms with Crippen molar-refractivity contribution in [2.75, 3.05) is 0 Å². The van der Waals surface area contributed by atoms with E-state index in [0.717, 1.165) is 18.5 Å². The van der Waals surface area contributed by atoms with Gasteiger partial charge < -0.3 is 0 Å². The van der Waals surface area contributed by atoms with Crippen LogP contribution >= 0.6 is 0 Å². The van der Waals surface area contributed by atoms with Gasteiger partial charge in [-0.3, -0.25) is 4.68 Å². The van der Waals surface area contributed by atoms with E-state index in [-0.39, 0.29) is 12.0 Å². The summed E-state index contributed by atoms with van der Waals surface area (Å²) in [5.41, 5.74) is 1.03. The van der Waals surface area contributed by atoms with E-state index >= 15 is 0 Å². The Labute approximate surface area is 90.7 Å². The molecule has 0 spiro atoms. The molecule has 1 heterocycles. The van der Waals surface area contributed by atoms with Gasteiger partial charge in [0.2, 0.25) is 0 Å². The molecule has 15 heavy (non-hydrogen) atoms. The van der Waals surface area contributed by atoms with Gasteiger partial charge in [0.15, 0.2) is 0 Å². The van der Waals surface area contributed by atoms with Gasteiger partial charge in [-0.1, -0.05) is 6.92 Å². The van der Waals surface area contributed by atoms with Crippen molar-refractivity contribution in [2.45, 2.75) is 39.2 Å². The van der Waals surface area contributed by atoms with E-state index in [0.29, 0.717) is 5.92 Å². The maximum Gasteiger partial charge on any atom is 0.0688 e. The molecule has 0 radical (unpaired) electrons. The van der Waals surface area contributed by atoms with Gasteiger partial charge in [0.1, 0.15) is 0 Å². The maximum atomic E-state index is 9.12. The summed E-state index contributed by atoms with van der Waals surface area (Å²) < 4.78 is 1.98. The lowest BCUT2D eigenvalue weighted by molar-refractivity contribution is 0.218. The minimum absolute atomic E-state index is 0.139. The highest BCUT2D eigenvalue weighted by Gasteiger charge is 2.30. The van der Waals surface area contributed by atoms with Crippen LogP contribution < -0.4 is 0 Å². The Morgan fingerprint density at radius 2 is 2.33 bits per heavy atom. The molecule has 3 unspecified atom stereocenters. The van der Waals surface area contributed by atoms with Crippen molar-refractivity contribution in [3.63, 3.8) is 0 Å². The summed E-state index contributed by atoms with van der Waals surface area (Å²) in [6, 6.07) is 4.71. The summed E-state index contributed by atoms with van der Waals surface area (Å²) >= 11 is 0. The van der Waals surface area contributed by atoms with Crippen molar-refractivity contribution in [1.82, 2.24) is 9.78 Å². The fourth-order valence-electron chi connectivity index (χ4n) is 2.41. The second-order valence-electron chi connectivity index (χ2n) is 4.66. The van der Waals surface area contributed by atoms with E-state index in [1.807, 2.05) is 23.9 Å². The van der Waals surface area contributed by atoms with Crippen molar-refractivity contribution < 1.29 is 0 Å². The molecule has 0 aliphatic heterocycles. The molecule has 3 nitrogen and oxygen atoms in total. The van der Waals surface area contributed by atoms with Crippen molar-refractivity contribution in [2.24, 2.45) is 11.8 Å². The standard InChI is InChI=1S/C12H17N3/c1-9-3-4-11(8-13)12(7-9)15-6-5-10(2)14-15/h5-6,9,11-12H,3-4,7H2,1-2H3. The zero-order valence-corrected chi connectivity index (χ0v) is 9.35. The third kappa shape index (κ3) is 2.04. The zero-order chi connectivity index (χ0) is 10.8. The first-order valence-electron chi connectivity index (χ1n) is 5.62. The van der Waals surface area contributed by atoms with Gasteiger partial charge in [-0.25, -0.2) is 0 Å². The number of nitrogens with zero attached hydrogens (tertiary/aromatic N) is 3. The minimum Gasteiger partial charge on any atom is -0.268 e. The van der Waals surface area contributed by atoms with Crippen LogP contribution in [0.1, 0.15) is 37.9 Å². The summed E-state index contributed by atoms with van der Waals surface area (Å²) in [7, 11) is 0. The van der Waals surface area contributed by atoms with E-state index in [1.165, 1.54) is 6.42 Å². The third-order valence-electron chi connectivity index (χ3n) is 3.33. The molecule has 3 atom stereocenters. The predicted molar refractivity (Wildman–Crippen MR) is 58.1 cm³/mol. The predicted octanol–water partition coefficient (Wildman–Crippen LogP) is 2.69. The molecule has 1 aromatic heterocycles. The zero-order valence-electron chi connectivity index (χ0n) is 9.35. The van der Waals surface area contributed by atoms with Gasteiger partial charge in [-0.05, 0) is 38.2 Å². The van der Waals surface area contributed by atoms with E-state index < -0.39 is 0 Å². The fraction of sp³-hybridized carbons (Fsp3) is 0.667. The highest BCUT2D eigenvalue weighted by Crippen LogP contribution is 2.36. The first-order chi connectivity index (χ1) is 7.20. The van der Waals surface area contributed by atoms with Gasteiger partial charge >= 0.3 is 0 Å².